The highest BCUT2D eigenvalue weighted by atomic mass is 15.2. The molecule has 0 N–H and O–H groups in total. The number of hydrogen-bond acceptors (Lipinski definition) is 4. The van der Waals surface area contributed by atoms with Crippen molar-refractivity contribution in [1.82, 2.24) is 0 Å². The number of benzene rings is 10. The van der Waals surface area contributed by atoms with Gasteiger partial charge in [-0.1, -0.05) is 164 Å². The first-order chi connectivity index (χ1) is 35.7. The molecule has 4 nitrogen and oxygen atoms in total. The number of rotatable bonds is 13. The average Bonchev–Trinajstić information content (AvgIpc) is 3.46. The number of hydrogen-bond donors (Lipinski definition) is 0. The molecular weight excluding hydrogens is 873 g/mol. The summed E-state index contributed by atoms with van der Waals surface area (Å²) in [6.07, 6.45) is 14.5. The van der Waals surface area contributed by atoms with Crippen LogP contribution in [0.15, 0.2) is 309 Å². The van der Waals surface area contributed by atoms with Gasteiger partial charge in [-0.3, -0.25) is 0 Å². The Morgan fingerprint density at radius 2 is 0.667 bits per heavy atom. The van der Waals surface area contributed by atoms with Crippen molar-refractivity contribution >= 4 is 73.3 Å². The van der Waals surface area contributed by atoms with E-state index in [-0.39, 0.29) is 0 Å². The molecule has 344 valence electrons. The van der Waals surface area contributed by atoms with E-state index in [0.29, 0.717) is 5.92 Å². The summed E-state index contributed by atoms with van der Waals surface area (Å²) in [5, 5.41) is 2.42. The molecule has 0 fully saturated rings. The Bertz CT molecular complexity index is 3560. The molecule has 12 rings (SSSR count). The van der Waals surface area contributed by atoms with Gasteiger partial charge < -0.3 is 19.6 Å². The summed E-state index contributed by atoms with van der Waals surface area (Å²) in [5.41, 5.74) is 16.9. The first-order valence-electron chi connectivity index (χ1n) is 24.8. The molecule has 2 aliphatic carbocycles. The summed E-state index contributed by atoms with van der Waals surface area (Å²) >= 11 is 0. The lowest BCUT2D eigenvalue weighted by Gasteiger charge is -2.33. The van der Waals surface area contributed by atoms with Crippen LogP contribution in [-0.4, -0.2) is 0 Å². The standard InChI is InChI=1S/C68H52N4/c1-5-23-55(24-6-1)69(61-43-47-63(48-44-61)71(57-27-9-3-10-28-57)67-33-17-21-53-19-13-15-31-65(53)67)59-39-35-51(36-40-59)52-37-41-60(42-38-52)70(56-25-7-2-8-26-56)62-45-49-64(50-46-62)72(58-29-11-4-12-30-58)68-34-18-22-54-20-14-16-32-66(54)68/h1-21,23-50,54H,22H2. The van der Waals surface area contributed by atoms with Gasteiger partial charge in [-0.2, -0.15) is 0 Å². The molecule has 0 bridgehead atoms. The van der Waals surface area contributed by atoms with Crippen molar-refractivity contribution in [3.8, 4) is 11.1 Å². The predicted octanol–water partition coefficient (Wildman–Crippen LogP) is 19.0. The van der Waals surface area contributed by atoms with Gasteiger partial charge in [-0.25, -0.2) is 0 Å². The van der Waals surface area contributed by atoms with Crippen LogP contribution in [0.3, 0.4) is 0 Å². The zero-order chi connectivity index (χ0) is 48.1. The zero-order valence-electron chi connectivity index (χ0n) is 39.9. The highest BCUT2D eigenvalue weighted by Crippen LogP contribution is 2.44. The van der Waals surface area contributed by atoms with Gasteiger partial charge in [-0.05, 0) is 162 Å². The van der Waals surface area contributed by atoms with E-state index in [2.05, 4.69) is 317 Å². The van der Waals surface area contributed by atoms with Gasteiger partial charge in [0.2, 0.25) is 0 Å². The van der Waals surface area contributed by atoms with Gasteiger partial charge in [0.25, 0.3) is 0 Å². The minimum atomic E-state index is 0.377. The summed E-state index contributed by atoms with van der Waals surface area (Å²) < 4.78 is 0. The van der Waals surface area contributed by atoms with Crippen molar-refractivity contribution in [1.29, 1.82) is 0 Å². The van der Waals surface area contributed by atoms with Crippen LogP contribution in [0, 0.1) is 5.92 Å². The molecule has 0 aromatic heterocycles. The third-order valence-corrected chi connectivity index (χ3v) is 13.7. The summed E-state index contributed by atoms with van der Waals surface area (Å²) in [4.78, 5) is 9.40. The van der Waals surface area contributed by atoms with Crippen LogP contribution in [0.25, 0.3) is 21.9 Å². The Morgan fingerprint density at radius 3 is 1.17 bits per heavy atom. The third kappa shape index (κ3) is 8.78. The van der Waals surface area contributed by atoms with E-state index in [1.165, 1.54) is 22.0 Å². The Balaban J connectivity index is 0.838. The van der Waals surface area contributed by atoms with Crippen molar-refractivity contribution in [2.24, 2.45) is 5.92 Å². The number of allylic oxidation sites excluding steroid dienone is 7. The summed E-state index contributed by atoms with van der Waals surface area (Å²) in [6, 6.07) is 93.5. The molecule has 10 aromatic rings. The minimum absolute atomic E-state index is 0.377. The van der Waals surface area contributed by atoms with Crippen molar-refractivity contribution < 1.29 is 0 Å². The largest absolute Gasteiger partial charge is 0.311 e. The molecule has 0 saturated heterocycles. The Hall–Kier alpha value is -9.38. The van der Waals surface area contributed by atoms with E-state index < -0.39 is 0 Å². The predicted molar refractivity (Wildman–Crippen MR) is 305 cm³/mol. The molecule has 0 spiro atoms. The summed E-state index contributed by atoms with van der Waals surface area (Å²) in [6.45, 7) is 0. The second kappa shape index (κ2) is 19.9. The lowest BCUT2D eigenvalue weighted by Crippen LogP contribution is -2.21. The van der Waals surface area contributed by atoms with Crippen molar-refractivity contribution in [3.05, 3.63) is 309 Å². The second-order valence-corrected chi connectivity index (χ2v) is 18.1. The molecule has 0 aliphatic heterocycles. The maximum Gasteiger partial charge on any atom is 0.0540 e. The molecule has 2 aliphatic rings. The van der Waals surface area contributed by atoms with Crippen LogP contribution in [0.1, 0.15) is 6.42 Å². The number of fused-ring (bicyclic) bond motifs is 2. The van der Waals surface area contributed by atoms with Crippen LogP contribution in [-0.2, 0) is 0 Å². The summed E-state index contributed by atoms with van der Waals surface area (Å²) in [7, 11) is 0. The number of para-hydroxylation sites is 4. The average molecular weight is 925 g/mol. The Morgan fingerprint density at radius 1 is 0.292 bits per heavy atom. The van der Waals surface area contributed by atoms with Gasteiger partial charge in [0.05, 0.1) is 5.69 Å². The molecular formula is C68H52N4. The van der Waals surface area contributed by atoms with E-state index in [1.54, 1.807) is 0 Å². The fraction of sp³-hybridized carbons (Fsp3) is 0.0294. The lowest BCUT2D eigenvalue weighted by molar-refractivity contribution is 0.763. The smallest absolute Gasteiger partial charge is 0.0540 e. The molecule has 0 heterocycles. The first-order valence-corrected chi connectivity index (χ1v) is 24.8. The van der Waals surface area contributed by atoms with Crippen molar-refractivity contribution in [2.45, 2.75) is 6.42 Å². The molecule has 1 unspecified atom stereocenters. The highest BCUT2D eigenvalue weighted by Gasteiger charge is 2.24. The van der Waals surface area contributed by atoms with E-state index in [1.807, 2.05) is 0 Å². The summed E-state index contributed by atoms with van der Waals surface area (Å²) in [5.74, 6) is 0.377. The van der Waals surface area contributed by atoms with Crippen molar-refractivity contribution in [2.75, 3.05) is 19.6 Å². The van der Waals surface area contributed by atoms with Crippen LogP contribution in [0.5, 0.6) is 0 Å². The van der Waals surface area contributed by atoms with Gasteiger partial charge in [-0.15, -0.1) is 0 Å². The number of nitrogens with zero attached hydrogens (tertiary/aromatic N) is 4. The monoisotopic (exact) mass is 924 g/mol. The van der Waals surface area contributed by atoms with E-state index in [0.717, 1.165) is 80.1 Å². The molecule has 10 aromatic carbocycles. The first kappa shape index (κ1) is 43.9. The lowest BCUT2D eigenvalue weighted by atomic mass is 9.86. The topological polar surface area (TPSA) is 13.0 Å². The molecule has 72 heavy (non-hydrogen) atoms. The molecule has 0 amide bonds. The molecule has 4 heteroatoms. The Kier molecular flexibility index (Phi) is 12.1. The Labute approximate surface area is 422 Å². The van der Waals surface area contributed by atoms with E-state index in [9.17, 15) is 0 Å². The third-order valence-electron chi connectivity index (χ3n) is 13.7. The zero-order valence-corrected chi connectivity index (χ0v) is 39.9. The van der Waals surface area contributed by atoms with Crippen LogP contribution >= 0.6 is 0 Å². The molecule has 0 radical (unpaired) electrons. The van der Waals surface area contributed by atoms with Gasteiger partial charge >= 0.3 is 0 Å². The van der Waals surface area contributed by atoms with Crippen LogP contribution in [0.2, 0.25) is 0 Å². The molecule has 0 saturated carbocycles. The SMILES string of the molecule is C1=CC2=C(N(c3ccccc3)c3ccc(N(c4ccccc4)c4ccc(-c5ccc(N(c6ccccc6)c6ccc(N(c7ccccc7)c7cccc8ccccc78)cc6)cc5)cc4)cc3)C=CCC2C=C1. The minimum Gasteiger partial charge on any atom is -0.311 e. The van der Waals surface area contributed by atoms with Gasteiger partial charge in [0, 0.05) is 73.9 Å². The maximum atomic E-state index is 2.39. The molecule has 1 atom stereocenters. The fourth-order valence-electron chi connectivity index (χ4n) is 10.3. The normalized spacial score (nSPS) is 13.7. The fourth-order valence-corrected chi connectivity index (χ4v) is 10.3. The van der Waals surface area contributed by atoms with Crippen LogP contribution < -0.4 is 19.6 Å². The number of anilines is 11. The highest BCUT2D eigenvalue weighted by molar-refractivity contribution is 5.99. The van der Waals surface area contributed by atoms with E-state index >= 15 is 0 Å². The van der Waals surface area contributed by atoms with Crippen LogP contribution in [0.4, 0.5) is 62.6 Å². The maximum absolute atomic E-state index is 2.39. The quantitative estimate of drug-likeness (QED) is 0.114. The van der Waals surface area contributed by atoms with Gasteiger partial charge in [0.15, 0.2) is 0 Å². The van der Waals surface area contributed by atoms with E-state index in [4.69, 9.17) is 0 Å². The van der Waals surface area contributed by atoms with Crippen molar-refractivity contribution in [3.63, 3.8) is 0 Å². The van der Waals surface area contributed by atoms with Gasteiger partial charge in [0.1, 0.15) is 0 Å². The second-order valence-electron chi connectivity index (χ2n) is 18.1.